The molecule has 2 aromatic carbocycles. The maximum Gasteiger partial charge on any atom is 0.433 e. The van der Waals surface area contributed by atoms with Crippen LogP contribution in [0.2, 0.25) is 0 Å². The molecule has 144 valence electrons. The van der Waals surface area contributed by atoms with Gasteiger partial charge < -0.3 is 4.42 Å². The van der Waals surface area contributed by atoms with Crippen LogP contribution in [0.1, 0.15) is 16.1 Å². The van der Waals surface area contributed by atoms with E-state index in [1.54, 1.807) is 12.1 Å². The molecule has 0 unspecified atom stereocenters. The number of rotatable bonds is 5. The van der Waals surface area contributed by atoms with Crippen molar-refractivity contribution in [3.63, 3.8) is 0 Å². The van der Waals surface area contributed by atoms with E-state index in [1.165, 1.54) is 30.5 Å². The van der Waals surface area contributed by atoms with Gasteiger partial charge in [-0.15, -0.1) is 0 Å². The van der Waals surface area contributed by atoms with Gasteiger partial charge in [0, 0.05) is 0 Å². The summed E-state index contributed by atoms with van der Waals surface area (Å²) >= 11 is 1.06. The molecule has 0 bridgehead atoms. The number of halogens is 1. The van der Waals surface area contributed by atoms with Gasteiger partial charge in [-0.1, -0.05) is 41.7 Å². The van der Waals surface area contributed by atoms with Gasteiger partial charge >= 0.3 is 11.8 Å². The minimum Gasteiger partial charge on any atom is -0.395 e. The first-order valence-electron chi connectivity index (χ1n) is 8.25. The first-order chi connectivity index (χ1) is 14.0. The molecule has 29 heavy (non-hydrogen) atoms. The maximum absolute atomic E-state index is 13.5. The normalized spacial score (nSPS) is 11.2. The Morgan fingerprint density at radius 3 is 2.72 bits per heavy atom. The Bertz CT molecular complexity index is 1240. The Hall–Kier alpha value is -3.92. The van der Waals surface area contributed by atoms with Gasteiger partial charge in [-0.3, -0.25) is 14.9 Å². The number of hydrogen-bond donors (Lipinski definition) is 0. The predicted octanol–water partition coefficient (Wildman–Crippen LogP) is 4.62. The molecule has 2 heterocycles. The SMILES string of the molecule is O=C(c1ccc([N+](=O)[O-])o1)N(/N=C\c1ccccc1)c1nc2ccc(F)cc2s1. The minimum atomic E-state index is -0.746. The van der Waals surface area contributed by atoms with E-state index in [0.717, 1.165) is 28.0 Å². The number of benzene rings is 2. The van der Waals surface area contributed by atoms with Crippen LogP contribution >= 0.6 is 11.3 Å². The largest absolute Gasteiger partial charge is 0.433 e. The zero-order valence-electron chi connectivity index (χ0n) is 14.6. The van der Waals surface area contributed by atoms with E-state index >= 15 is 0 Å². The zero-order chi connectivity index (χ0) is 20.4. The number of thiazole rings is 1. The van der Waals surface area contributed by atoms with E-state index in [9.17, 15) is 19.3 Å². The van der Waals surface area contributed by atoms with Crippen LogP contribution in [0.4, 0.5) is 15.4 Å². The molecular formula is C19H11FN4O4S. The number of aromatic nitrogens is 1. The van der Waals surface area contributed by atoms with Crippen molar-refractivity contribution >= 4 is 44.7 Å². The van der Waals surface area contributed by atoms with Crippen LogP contribution < -0.4 is 5.01 Å². The van der Waals surface area contributed by atoms with Gasteiger partial charge in [-0.2, -0.15) is 10.1 Å². The van der Waals surface area contributed by atoms with Crippen molar-refractivity contribution in [1.29, 1.82) is 0 Å². The van der Waals surface area contributed by atoms with E-state index in [-0.39, 0.29) is 10.9 Å². The molecule has 4 aromatic rings. The Balaban J connectivity index is 1.75. The summed E-state index contributed by atoms with van der Waals surface area (Å²) in [5.41, 5.74) is 1.22. The summed E-state index contributed by atoms with van der Waals surface area (Å²) < 4.78 is 19.0. The van der Waals surface area contributed by atoms with Gasteiger partial charge in [0.25, 0.3) is 0 Å². The number of carbonyl (C=O) groups is 1. The second kappa shape index (κ2) is 7.60. The standard InChI is InChI=1S/C19H11FN4O4S/c20-13-6-7-14-16(10-13)29-19(22-14)23(21-11-12-4-2-1-3-5-12)18(25)15-8-9-17(28-15)24(26)27/h1-11H/b21-11-. The summed E-state index contributed by atoms with van der Waals surface area (Å²) in [5, 5.41) is 16.2. The number of amides is 1. The zero-order valence-corrected chi connectivity index (χ0v) is 15.4. The van der Waals surface area contributed by atoms with Gasteiger partial charge in [-0.05, 0) is 29.8 Å². The van der Waals surface area contributed by atoms with Crippen LogP contribution in [0, 0.1) is 15.9 Å². The van der Waals surface area contributed by atoms with E-state index in [0.29, 0.717) is 10.2 Å². The van der Waals surface area contributed by atoms with Crippen LogP contribution in [0.5, 0.6) is 0 Å². The van der Waals surface area contributed by atoms with Crippen molar-refractivity contribution in [1.82, 2.24) is 4.98 Å². The number of nitro groups is 1. The number of anilines is 1. The third-order valence-corrected chi connectivity index (χ3v) is 4.81. The van der Waals surface area contributed by atoms with Gasteiger partial charge in [0.2, 0.25) is 10.9 Å². The van der Waals surface area contributed by atoms with Crippen molar-refractivity contribution in [2.24, 2.45) is 5.10 Å². The molecule has 0 aliphatic heterocycles. The lowest BCUT2D eigenvalue weighted by Crippen LogP contribution is -2.25. The molecule has 10 heteroatoms. The van der Waals surface area contributed by atoms with E-state index in [2.05, 4.69) is 10.1 Å². The fraction of sp³-hybridized carbons (Fsp3) is 0. The molecule has 0 atom stereocenters. The summed E-state index contributed by atoms with van der Waals surface area (Å²) in [4.78, 5) is 27.4. The number of nitrogens with zero attached hydrogens (tertiary/aromatic N) is 4. The molecule has 0 radical (unpaired) electrons. The molecule has 0 saturated heterocycles. The molecule has 8 nitrogen and oxygen atoms in total. The molecule has 4 rings (SSSR count). The third kappa shape index (κ3) is 3.87. The summed E-state index contributed by atoms with van der Waals surface area (Å²) in [5.74, 6) is -2.01. The second-order valence-electron chi connectivity index (χ2n) is 5.78. The molecule has 0 N–H and O–H groups in total. The number of carbonyl (C=O) groups excluding carboxylic acids is 1. The second-order valence-corrected chi connectivity index (χ2v) is 6.78. The maximum atomic E-state index is 13.5. The quantitative estimate of drug-likeness (QED) is 0.271. The molecule has 1 amide bonds. The summed E-state index contributed by atoms with van der Waals surface area (Å²) in [6, 6.07) is 15.4. The van der Waals surface area contributed by atoms with Crippen LogP contribution in [-0.4, -0.2) is 22.0 Å². The Labute approximate surface area is 166 Å². The van der Waals surface area contributed by atoms with Gasteiger partial charge in [0.05, 0.1) is 22.5 Å². The highest BCUT2D eigenvalue weighted by Gasteiger charge is 2.26. The topological polar surface area (TPSA) is 102 Å². The van der Waals surface area contributed by atoms with Crippen molar-refractivity contribution in [3.8, 4) is 0 Å². The molecule has 0 aliphatic rings. The average Bonchev–Trinajstić information content (AvgIpc) is 3.36. The number of fused-ring (bicyclic) bond motifs is 1. The Morgan fingerprint density at radius 2 is 2.00 bits per heavy atom. The summed E-state index contributed by atoms with van der Waals surface area (Å²) in [6.07, 6.45) is 1.45. The Morgan fingerprint density at radius 1 is 1.21 bits per heavy atom. The van der Waals surface area contributed by atoms with Crippen LogP contribution in [0.3, 0.4) is 0 Å². The average molecular weight is 410 g/mol. The first-order valence-corrected chi connectivity index (χ1v) is 9.07. The molecule has 0 saturated carbocycles. The van der Waals surface area contributed by atoms with Gasteiger partial charge in [0.1, 0.15) is 10.7 Å². The molecule has 0 fully saturated rings. The van der Waals surface area contributed by atoms with E-state index in [4.69, 9.17) is 4.42 Å². The van der Waals surface area contributed by atoms with Crippen LogP contribution in [-0.2, 0) is 0 Å². The monoisotopic (exact) mass is 410 g/mol. The molecule has 0 spiro atoms. The highest BCUT2D eigenvalue weighted by Crippen LogP contribution is 2.31. The highest BCUT2D eigenvalue weighted by atomic mass is 32.1. The van der Waals surface area contributed by atoms with Crippen LogP contribution in [0.25, 0.3) is 10.2 Å². The van der Waals surface area contributed by atoms with E-state index < -0.39 is 22.5 Å². The van der Waals surface area contributed by atoms with E-state index in [1.807, 2.05) is 18.2 Å². The Kier molecular flexibility index (Phi) is 4.83. The molecule has 2 aromatic heterocycles. The molecule has 0 aliphatic carbocycles. The summed E-state index contributed by atoms with van der Waals surface area (Å²) in [7, 11) is 0. The van der Waals surface area contributed by atoms with Gasteiger partial charge in [-0.25, -0.2) is 9.37 Å². The summed E-state index contributed by atoms with van der Waals surface area (Å²) in [6.45, 7) is 0. The fourth-order valence-electron chi connectivity index (χ4n) is 2.47. The van der Waals surface area contributed by atoms with Gasteiger partial charge in [0.15, 0.2) is 0 Å². The lowest BCUT2D eigenvalue weighted by Gasteiger charge is -2.11. The van der Waals surface area contributed by atoms with Crippen LogP contribution in [0.15, 0.2) is 70.2 Å². The third-order valence-electron chi connectivity index (χ3n) is 3.82. The highest BCUT2D eigenvalue weighted by molar-refractivity contribution is 7.22. The van der Waals surface area contributed by atoms with Crippen molar-refractivity contribution in [2.45, 2.75) is 0 Å². The number of hydrazone groups is 1. The number of hydrogen-bond acceptors (Lipinski definition) is 7. The number of furan rings is 1. The molecular weight excluding hydrogens is 399 g/mol. The fourth-order valence-corrected chi connectivity index (χ4v) is 3.42. The van der Waals surface area contributed by atoms with Crippen molar-refractivity contribution in [3.05, 3.63) is 87.9 Å². The minimum absolute atomic E-state index is 0.168. The van der Waals surface area contributed by atoms with Crippen molar-refractivity contribution < 1.29 is 18.5 Å². The lowest BCUT2D eigenvalue weighted by atomic mass is 10.2. The van der Waals surface area contributed by atoms with Crippen molar-refractivity contribution in [2.75, 3.05) is 5.01 Å². The smallest absolute Gasteiger partial charge is 0.395 e. The predicted molar refractivity (Wildman–Crippen MR) is 106 cm³/mol. The lowest BCUT2D eigenvalue weighted by molar-refractivity contribution is -0.402. The first kappa shape index (κ1) is 18.4.